The number of aryl methyl sites for hydroxylation is 1. The number of hydrogen-bond donors (Lipinski definition) is 3. The highest BCUT2D eigenvalue weighted by Crippen LogP contribution is 2.32. The summed E-state index contributed by atoms with van der Waals surface area (Å²) in [6.07, 6.45) is 5.77. The molecule has 13 nitrogen and oxygen atoms in total. The van der Waals surface area contributed by atoms with Crippen molar-refractivity contribution >= 4 is 29.4 Å². The van der Waals surface area contributed by atoms with E-state index in [9.17, 15) is 14.4 Å². The second-order valence-corrected chi connectivity index (χ2v) is 14.1. The van der Waals surface area contributed by atoms with Crippen LogP contribution in [-0.4, -0.2) is 74.7 Å². The van der Waals surface area contributed by atoms with E-state index >= 15 is 0 Å². The summed E-state index contributed by atoms with van der Waals surface area (Å²) in [6, 6.07) is 7.71. The van der Waals surface area contributed by atoms with Crippen LogP contribution in [0.25, 0.3) is 11.5 Å². The maximum absolute atomic E-state index is 13.8. The number of pyridine rings is 2. The lowest BCUT2D eigenvalue weighted by molar-refractivity contribution is -0.122. The van der Waals surface area contributed by atoms with Gasteiger partial charge in [0.2, 0.25) is 11.8 Å². The lowest BCUT2D eigenvalue weighted by atomic mass is 9.88. The van der Waals surface area contributed by atoms with Crippen LogP contribution in [0.5, 0.6) is 0 Å². The monoisotopic (exact) mass is 674 g/mol. The van der Waals surface area contributed by atoms with E-state index in [1.54, 1.807) is 11.2 Å². The molecule has 0 aliphatic carbocycles. The Morgan fingerprint density at radius 2 is 1.80 bits per heavy atom. The third kappa shape index (κ3) is 9.84. The normalized spacial score (nSPS) is 13.5. The van der Waals surface area contributed by atoms with Gasteiger partial charge in [0.25, 0.3) is 5.91 Å². The average Bonchev–Trinajstić information content (AvgIpc) is 3.68. The standard InChI is InChI=1S/C36H54N10O3/c1-9-45-23-39-43-34(45)28-15-14-16-30(41-28)46-22-27-26(35(46)49)19-31(44(8)24(2)3)42-29(27)20-37-21-33(48)38-18-13-11-10-12-17-32(47)40-25(4)36(5,6)7/h14-16,19,23-25,37H,9-13,17-18,20-22H2,1-8H3,(H,38,48)(H,40,47)/t25-/m1/s1. The van der Waals surface area contributed by atoms with Crippen LogP contribution in [-0.2, 0) is 29.2 Å². The Balaban J connectivity index is 1.31. The van der Waals surface area contributed by atoms with E-state index in [2.05, 4.69) is 60.8 Å². The van der Waals surface area contributed by atoms with Crippen molar-refractivity contribution in [3.63, 3.8) is 0 Å². The number of nitrogens with zero attached hydrogens (tertiary/aromatic N) is 7. The van der Waals surface area contributed by atoms with Gasteiger partial charge >= 0.3 is 0 Å². The molecule has 0 radical (unpaired) electrons. The molecule has 0 spiro atoms. The lowest BCUT2D eigenvalue weighted by Gasteiger charge is -2.28. The van der Waals surface area contributed by atoms with Crippen molar-refractivity contribution in [1.82, 2.24) is 40.7 Å². The molecule has 49 heavy (non-hydrogen) atoms. The maximum atomic E-state index is 13.8. The summed E-state index contributed by atoms with van der Waals surface area (Å²) in [6.45, 7) is 16.6. The number of hydrogen-bond acceptors (Lipinski definition) is 9. The van der Waals surface area contributed by atoms with Crippen LogP contribution in [0.3, 0.4) is 0 Å². The number of anilines is 2. The van der Waals surface area contributed by atoms with Gasteiger partial charge in [-0.1, -0.05) is 39.7 Å². The van der Waals surface area contributed by atoms with Crippen molar-refractivity contribution in [3.8, 4) is 11.5 Å². The van der Waals surface area contributed by atoms with Crippen molar-refractivity contribution in [2.24, 2.45) is 5.41 Å². The quantitative estimate of drug-likeness (QED) is 0.176. The Morgan fingerprint density at radius 1 is 1.04 bits per heavy atom. The van der Waals surface area contributed by atoms with Gasteiger partial charge in [0.1, 0.15) is 23.7 Å². The minimum Gasteiger partial charge on any atom is -0.357 e. The molecule has 266 valence electrons. The Bertz CT molecular complexity index is 1600. The molecule has 3 amide bonds. The van der Waals surface area contributed by atoms with E-state index in [-0.39, 0.29) is 41.8 Å². The van der Waals surface area contributed by atoms with Crippen molar-refractivity contribution in [2.45, 2.75) is 112 Å². The molecule has 0 saturated carbocycles. The van der Waals surface area contributed by atoms with E-state index in [0.717, 1.165) is 36.9 Å². The van der Waals surface area contributed by atoms with Crippen LogP contribution >= 0.6 is 0 Å². The zero-order chi connectivity index (χ0) is 35.7. The highest BCUT2D eigenvalue weighted by Gasteiger charge is 2.33. The highest BCUT2D eigenvalue weighted by atomic mass is 16.2. The number of amides is 3. The van der Waals surface area contributed by atoms with E-state index in [0.29, 0.717) is 61.3 Å². The topological polar surface area (TPSA) is 150 Å². The summed E-state index contributed by atoms with van der Waals surface area (Å²) in [5.74, 6) is 1.73. The fourth-order valence-corrected chi connectivity index (χ4v) is 5.39. The number of carbonyl (C=O) groups excluding carboxylic acids is 3. The van der Waals surface area contributed by atoms with Gasteiger partial charge < -0.3 is 25.4 Å². The van der Waals surface area contributed by atoms with Crippen LogP contribution in [0.2, 0.25) is 0 Å². The number of nitrogens with one attached hydrogen (secondary N) is 3. The maximum Gasteiger partial charge on any atom is 0.260 e. The Kier molecular flexibility index (Phi) is 12.8. The smallest absolute Gasteiger partial charge is 0.260 e. The second kappa shape index (κ2) is 16.8. The molecular weight excluding hydrogens is 620 g/mol. The zero-order valence-corrected chi connectivity index (χ0v) is 30.5. The molecule has 0 aromatic carbocycles. The highest BCUT2D eigenvalue weighted by molar-refractivity contribution is 6.10. The molecule has 1 aliphatic rings. The van der Waals surface area contributed by atoms with Crippen molar-refractivity contribution in [3.05, 3.63) is 47.4 Å². The van der Waals surface area contributed by atoms with E-state index in [4.69, 9.17) is 9.97 Å². The molecule has 1 aliphatic heterocycles. The molecule has 0 saturated heterocycles. The molecular formula is C36H54N10O3. The van der Waals surface area contributed by atoms with Crippen molar-refractivity contribution in [1.29, 1.82) is 0 Å². The molecule has 13 heteroatoms. The molecule has 4 heterocycles. The molecule has 3 N–H and O–H groups in total. The molecule has 3 aromatic heterocycles. The van der Waals surface area contributed by atoms with Crippen LogP contribution in [0.4, 0.5) is 11.6 Å². The number of fused-ring (bicyclic) bond motifs is 1. The van der Waals surface area contributed by atoms with Gasteiger partial charge in [0.05, 0.1) is 24.3 Å². The Labute approximate surface area is 290 Å². The Morgan fingerprint density at radius 3 is 2.51 bits per heavy atom. The first-order chi connectivity index (χ1) is 23.3. The van der Waals surface area contributed by atoms with Crippen LogP contribution in [0, 0.1) is 5.41 Å². The molecule has 1 atom stereocenters. The fourth-order valence-electron chi connectivity index (χ4n) is 5.39. The van der Waals surface area contributed by atoms with Gasteiger partial charge in [0, 0.05) is 50.7 Å². The predicted molar refractivity (Wildman–Crippen MR) is 192 cm³/mol. The summed E-state index contributed by atoms with van der Waals surface area (Å²) >= 11 is 0. The van der Waals surface area contributed by atoms with Crippen molar-refractivity contribution < 1.29 is 14.4 Å². The minimum absolute atomic E-state index is 0.0398. The summed E-state index contributed by atoms with van der Waals surface area (Å²) in [7, 11) is 1.96. The fraction of sp³-hybridized carbons (Fsp3) is 0.583. The SMILES string of the molecule is CCn1cnnc1-c1cccc(N2Cc3c(cc(N(C)C(C)C)nc3CNCC(=O)NCCCCCCC(=O)N[C@H](C)C(C)(C)C)C2=O)n1. The van der Waals surface area contributed by atoms with Crippen molar-refractivity contribution in [2.75, 3.05) is 29.9 Å². The summed E-state index contributed by atoms with van der Waals surface area (Å²) in [5.41, 5.74) is 2.82. The molecule has 4 rings (SSSR count). The average molecular weight is 675 g/mol. The van der Waals surface area contributed by atoms with Crippen LogP contribution in [0.15, 0.2) is 30.6 Å². The first-order valence-corrected chi connectivity index (χ1v) is 17.5. The summed E-state index contributed by atoms with van der Waals surface area (Å²) < 4.78 is 1.91. The second-order valence-electron chi connectivity index (χ2n) is 14.1. The molecule has 0 fully saturated rings. The van der Waals surface area contributed by atoms with E-state index in [1.165, 1.54) is 0 Å². The zero-order valence-electron chi connectivity index (χ0n) is 30.5. The third-order valence-corrected chi connectivity index (χ3v) is 9.23. The predicted octanol–water partition coefficient (Wildman–Crippen LogP) is 4.47. The summed E-state index contributed by atoms with van der Waals surface area (Å²) in [4.78, 5) is 52.0. The minimum atomic E-state index is -0.142. The largest absolute Gasteiger partial charge is 0.357 e. The van der Waals surface area contributed by atoms with Gasteiger partial charge in [-0.05, 0) is 64.2 Å². The van der Waals surface area contributed by atoms with Crippen LogP contribution in [0.1, 0.15) is 102 Å². The number of unbranched alkanes of at least 4 members (excludes halogenated alkanes) is 3. The number of rotatable bonds is 17. The molecule has 0 bridgehead atoms. The van der Waals surface area contributed by atoms with Crippen LogP contribution < -0.4 is 25.8 Å². The molecule has 0 unspecified atom stereocenters. The first kappa shape index (κ1) is 37.4. The van der Waals surface area contributed by atoms with Gasteiger partial charge in [-0.15, -0.1) is 10.2 Å². The van der Waals surface area contributed by atoms with Gasteiger partial charge in [-0.3, -0.25) is 19.3 Å². The van der Waals surface area contributed by atoms with E-state index in [1.807, 2.05) is 54.6 Å². The van der Waals surface area contributed by atoms with Gasteiger partial charge in [0.15, 0.2) is 5.82 Å². The number of aromatic nitrogens is 5. The number of carbonyl (C=O) groups is 3. The lowest BCUT2D eigenvalue weighted by Crippen LogP contribution is -2.41. The first-order valence-electron chi connectivity index (χ1n) is 17.5. The molecule has 3 aromatic rings. The van der Waals surface area contributed by atoms with Gasteiger partial charge in [-0.2, -0.15) is 0 Å². The van der Waals surface area contributed by atoms with E-state index < -0.39 is 0 Å². The summed E-state index contributed by atoms with van der Waals surface area (Å²) in [5, 5.41) is 17.5. The Hall–Kier alpha value is -4.39. The van der Waals surface area contributed by atoms with Gasteiger partial charge in [-0.25, -0.2) is 9.97 Å². The third-order valence-electron chi connectivity index (χ3n) is 9.23.